The Bertz CT molecular complexity index is 709. The van der Waals surface area contributed by atoms with Gasteiger partial charge in [0.25, 0.3) is 5.91 Å². The van der Waals surface area contributed by atoms with Crippen molar-refractivity contribution in [3.63, 3.8) is 0 Å². The fraction of sp³-hybridized carbons (Fsp3) is 0.125. The Labute approximate surface area is 123 Å². The van der Waals surface area contributed by atoms with E-state index in [-0.39, 0.29) is 12.3 Å². The van der Waals surface area contributed by atoms with E-state index in [9.17, 15) is 4.79 Å². The number of rotatable bonds is 2. The van der Waals surface area contributed by atoms with Crippen LogP contribution in [-0.4, -0.2) is 11.7 Å². The predicted molar refractivity (Wildman–Crippen MR) is 84.4 cm³/mol. The van der Waals surface area contributed by atoms with Crippen LogP contribution in [0.3, 0.4) is 0 Å². The topological polar surface area (TPSA) is 70.7 Å². The summed E-state index contributed by atoms with van der Waals surface area (Å²) in [6, 6.07) is 15.0. The van der Waals surface area contributed by atoms with Gasteiger partial charge in [0.1, 0.15) is 5.84 Å². The molecule has 2 aromatic rings. The number of nitrogens with one attached hydrogen (secondary N) is 1. The van der Waals surface area contributed by atoms with Crippen LogP contribution in [-0.2, 0) is 4.79 Å². The predicted octanol–water partition coefficient (Wildman–Crippen LogP) is 2.55. The maximum Gasteiger partial charge on any atom is 0.253 e. The van der Waals surface area contributed by atoms with Gasteiger partial charge in [0, 0.05) is 5.69 Å². The summed E-state index contributed by atoms with van der Waals surface area (Å²) in [6.45, 7) is 1.96. The van der Waals surface area contributed by atoms with Gasteiger partial charge in [-0.3, -0.25) is 10.2 Å². The molecule has 3 N–H and O–H groups in total. The number of benzene rings is 2. The highest BCUT2D eigenvalue weighted by Crippen LogP contribution is 2.23. The highest BCUT2D eigenvalue weighted by atomic mass is 16.2. The molecule has 1 amide bonds. The minimum absolute atomic E-state index is 0.0264. The quantitative estimate of drug-likeness (QED) is 0.830. The van der Waals surface area contributed by atoms with Crippen LogP contribution in [0.4, 0.5) is 17.1 Å². The molecule has 1 heterocycles. The normalized spacial score (nSPS) is 16.3. The molecule has 5 nitrogen and oxygen atoms in total. The molecule has 3 rings (SSSR count). The first-order valence-corrected chi connectivity index (χ1v) is 6.72. The van der Waals surface area contributed by atoms with Crippen molar-refractivity contribution in [2.75, 3.05) is 10.7 Å². The van der Waals surface area contributed by atoms with E-state index in [0.717, 1.165) is 16.9 Å². The monoisotopic (exact) mass is 280 g/mol. The van der Waals surface area contributed by atoms with Gasteiger partial charge in [0.15, 0.2) is 0 Å². The summed E-state index contributed by atoms with van der Waals surface area (Å²) in [5.41, 5.74) is 12.1. The molecule has 5 heteroatoms. The van der Waals surface area contributed by atoms with Gasteiger partial charge < -0.3 is 5.73 Å². The van der Waals surface area contributed by atoms with Crippen molar-refractivity contribution in [2.24, 2.45) is 4.99 Å². The third-order valence-corrected chi connectivity index (χ3v) is 3.31. The maximum atomic E-state index is 12.1. The number of aryl methyl sites for hydroxylation is 1. The zero-order valence-corrected chi connectivity index (χ0v) is 11.7. The van der Waals surface area contributed by atoms with Gasteiger partial charge in [0.2, 0.25) is 0 Å². The molecular weight excluding hydrogens is 264 g/mol. The lowest BCUT2D eigenvalue weighted by Crippen LogP contribution is -2.35. The van der Waals surface area contributed by atoms with E-state index in [1.807, 2.05) is 49.4 Å². The highest BCUT2D eigenvalue weighted by Gasteiger charge is 2.26. The number of nitrogens with zero attached hydrogens (tertiary/aromatic N) is 2. The van der Waals surface area contributed by atoms with E-state index in [2.05, 4.69) is 10.4 Å². The third kappa shape index (κ3) is 2.72. The molecule has 0 aromatic heterocycles. The van der Waals surface area contributed by atoms with Gasteiger partial charge in [0.05, 0.1) is 17.8 Å². The summed E-state index contributed by atoms with van der Waals surface area (Å²) in [5, 5.41) is 1.51. The Morgan fingerprint density at radius 2 is 1.95 bits per heavy atom. The zero-order chi connectivity index (χ0) is 14.8. The Balaban J connectivity index is 1.87. The molecule has 0 spiro atoms. The zero-order valence-electron chi connectivity index (χ0n) is 11.7. The molecule has 0 radical (unpaired) electrons. The lowest BCUT2D eigenvalue weighted by atomic mass is 10.2. The molecule has 0 saturated carbocycles. The van der Waals surface area contributed by atoms with E-state index in [1.165, 1.54) is 5.01 Å². The van der Waals surface area contributed by atoms with Crippen molar-refractivity contribution < 1.29 is 4.79 Å². The van der Waals surface area contributed by atoms with Crippen LogP contribution in [0, 0.1) is 6.92 Å². The molecule has 2 aromatic carbocycles. The number of amidine groups is 1. The number of carbonyl (C=O) groups excluding carboxylic acids is 1. The molecule has 1 aliphatic heterocycles. The Morgan fingerprint density at radius 1 is 1.19 bits per heavy atom. The number of hydrazine groups is 1. The number of carbonyl (C=O) groups is 1. The summed E-state index contributed by atoms with van der Waals surface area (Å²) in [7, 11) is 0. The third-order valence-electron chi connectivity index (χ3n) is 3.31. The van der Waals surface area contributed by atoms with Gasteiger partial charge >= 0.3 is 0 Å². The van der Waals surface area contributed by atoms with E-state index in [4.69, 9.17) is 5.73 Å². The van der Waals surface area contributed by atoms with Crippen molar-refractivity contribution in [2.45, 2.75) is 13.3 Å². The molecular formula is C16H16N4O. The first-order valence-electron chi connectivity index (χ1n) is 6.72. The number of nitrogen functional groups attached to an aromatic ring is 1. The number of para-hydroxylation sites is 1. The smallest absolute Gasteiger partial charge is 0.253 e. The second-order valence-corrected chi connectivity index (χ2v) is 4.96. The van der Waals surface area contributed by atoms with E-state index in [1.54, 1.807) is 6.07 Å². The number of hydrogen-bond acceptors (Lipinski definition) is 3. The average Bonchev–Trinajstić information content (AvgIpc) is 2.84. The van der Waals surface area contributed by atoms with Crippen LogP contribution < -0.4 is 16.2 Å². The van der Waals surface area contributed by atoms with Crippen LogP contribution in [0.1, 0.15) is 12.0 Å². The van der Waals surface area contributed by atoms with E-state index < -0.39 is 0 Å². The van der Waals surface area contributed by atoms with Gasteiger partial charge in [-0.25, -0.2) is 10.0 Å². The Hall–Kier alpha value is -2.82. The summed E-state index contributed by atoms with van der Waals surface area (Å²) in [4.78, 5) is 16.6. The molecule has 1 saturated heterocycles. The standard InChI is InChI=1S/C16H16N4O/c1-11-7-8-12(17)9-14(11)18-15-10-16(21)20(19-15)13-5-3-2-4-6-13/h2-9H,10,17H2,1H3,(H,18,19). The van der Waals surface area contributed by atoms with Crippen molar-refractivity contribution in [3.05, 3.63) is 54.1 Å². The van der Waals surface area contributed by atoms with Crippen molar-refractivity contribution in [3.8, 4) is 0 Å². The molecule has 0 atom stereocenters. The van der Waals surface area contributed by atoms with Gasteiger partial charge in [-0.15, -0.1) is 0 Å². The molecule has 1 fully saturated rings. The lowest BCUT2D eigenvalue weighted by Gasteiger charge is -2.15. The first kappa shape index (κ1) is 13.2. The highest BCUT2D eigenvalue weighted by molar-refractivity contribution is 6.14. The van der Waals surface area contributed by atoms with Crippen LogP contribution >= 0.6 is 0 Å². The van der Waals surface area contributed by atoms with E-state index >= 15 is 0 Å². The number of aliphatic imine (C=N–C) groups is 1. The first-order chi connectivity index (χ1) is 10.1. The van der Waals surface area contributed by atoms with Crippen LogP contribution in [0.15, 0.2) is 53.5 Å². The Morgan fingerprint density at radius 3 is 2.71 bits per heavy atom. The number of anilines is 2. The fourth-order valence-corrected chi connectivity index (χ4v) is 2.20. The van der Waals surface area contributed by atoms with Crippen molar-refractivity contribution in [1.29, 1.82) is 0 Å². The molecule has 106 valence electrons. The summed E-state index contributed by atoms with van der Waals surface area (Å²) >= 11 is 0. The fourth-order valence-electron chi connectivity index (χ4n) is 2.20. The van der Waals surface area contributed by atoms with Crippen LogP contribution in [0.25, 0.3) is 0 Å². The van der Waals surface area contributed by atoms with Gasteiger partial charge in [-0.05, 0) is 36.8 Å². The summed E-state index contributed by atoms with van der Waals surface area (Å²) in [5.74, 6) is 0.596. The molecule has 0 unspecified atom stereocenters. The van der Waals surface area contributed by atoms with Gasteiger partial charge in [-0.1, -0.05) is 24.3 Å². The van der Waals surface area contributed by atoms with E-state index in [0.29, 0.717) is 11.5 Å². The van der Waals surface area contributed by atoms with Crippen LogP contribution in [0.5, 0.6) is 0 Å². The largest absolute Gasteiger partial charge is 0.399 e. The second-order valence-electron chi connectivity index (χ2n) is 4.96. The molecule has 21 heavy (non-hydrogen) atoms. The number of nitrogens with two attached hydrogens (primary N) is 1. The summed E-state index contributed by atoms with van der Waals surface area (Å²) in [6.07, 6.45) is 0.253. The minimum atomic E-state index is -0.0264. The second kappa shape index (κ2) is 5.28. The van der Waals surface area contributed by atoms with Crippen molar-refractivity contribution in [1.82, 2.24) is 5.43 Å². The molecule has 0 aliphatic carbocycles. The average molecular weight is 280 g/mol. The summed E-state index contributed by atoms with van der Waals surface area (Å²) < 4.78 is 0. The lowest BCUT2D eigenvalue weighted by molar-refractivity contribution is -0.116. The SMILES string of the molecule is Cc1ccc(N)cc1N=C1CC(=O)N(c2ccccc2)N1. The number of hydrogen-bond donors (Lipinski definition) is 2. The molecule has 1 aliphatic rings. The van der Waals surface area contributed by atoms with Crippen molar-refractivity contribution >= 4 is 28.8 Å². The van der Waals surface area contributed by atoms with Gasteiger partial charge in [-0.2, -0.15) is 0 Å². The minimum Gasteiger partial charge on any atom is -0.399 e. The maximum absolute atomic E-state index is 12.1. The van der Waals surface area contributed by atoms with Crippen LogP contribution in [0.2, 0.25) is 0 Å². The number of amides is 1. The Kier molecular flexibility index (Phi) is 3.31. The molecule has 0 bridgehead atoms.